The first-order valence-corrected chi connectivity index (χ1v) is 28.7. The van der Waals surface area contributed by atoms with E-state index in [2.05, 4.69) is 242 Å². The third-order valence-electron chi connectivity index (χ3n) is 17.2. The Labute approximate surface area is 453 Å². The standard InChI is InChI=1S/C73H68N4/c1-5-9-18-49(7-3)47-75-67-26-15-13-24-61(67)63-43-54(30-36-69(63)75)56-32-38-71-65(45-56)66-46-57(55-31-37-70-64(44-55)62-25-14-16-27-68(62)76(70)48-50(8-4)19-10-6-2)33-39-72(66)77(71)59-34-28-51(29-35-59)53-21-17-22-58(42-53)73-60-23-12-11-20-52(60)40-41-74-73/h11-17,20-46,49-50H,5-10,18-19,47-48H2,1-4H3. The molecule has 4 heterocycles. The molecule has 0 saturated heterocycles. The van der Waals surface area contributed by atoms with E-state index >= 15 is 0 Å². The molecule has 2 unspecified atom stereocenters. The lowest BCUT2D eigenvalue weighted by molar-refractivity contribution is 0.401. The Kier molecular flexibility index (Phi) is 13.0. The van der Waals surface area contributed by atoms with E-state index in [-0.39, 0.29) is 0 Å². The fraction of sp³-hybridized carbons (Fsp3) is 0.219. The van der Waals surface area contributed by atoms with Crippen LogP contribution >= 0.6 is 0 Å². The molecule has 0 aliphatic carbocycles. The van der Waals surface area contributed by atoms with Crippen LogP contribution in [0.4, 0.5) is 0 Å². The highest BCUT2D eigenvalue weighted by Crippen LogP contribution is 2.41. The Morgan fingerprint density at radius 3 is 1.30 bits per heavy atom. The maximum atomic E-state index is 4.86. The SMILES string of the molecule is CCCCC(CC)Cn1c2ccccc2c2cc(-c3ccc4c(c3)c3cc(-c5ccc6c(c5)c5ccccc5n6CC(CC)CCCC)ccc3n4-c3ccc(-c4cccc(-c5nccc6ccccc56)c4)cc3)ccc21. The molecule has 0 spiro atoms. The number of benzene rings is 9. The molecule has 2 atom stereocenters. The van der Waals surface area contributed by atoms with Gasteiger partial charge in [0.15, 0.2) is 0 Å². The molecule has 77 heavy (non-hydrogen) atoms. The first kappa shape index (κ1) is 48.4. The fourth-order valence-electron chi connectivity index (χ4n) is 12.9. The van der Waals surface area contributed by atoms with Gasteiger partial charge in [0.05, 0.1) is 16.7 Å². The zero-order valence-electron chi connectivity index (χ0n) is 45.1. The molecule has 9 aromatic carbocycles. The monoisotopic (exact) mass is 1000 g/mol. The van der Waals surface area contributed by atoms with Crippen LogP contribution in [0.15, 0.2) is 206 Å². The molecule has 13 rings (SSSR count). The molecule has 4 aromatic heterocycles. The van der Waals surface area contributed by atoms with E-state index in [0.717, 1.165) is 35.4 Å². The third kappa shape index (κ3) is 8.78. The molecule has 0 saturated carbocycles. The van der Waals surface area contributed by atoms with Crippen LogP contribution in [0.25, 0.3) is 127 Å². The van der Waals surface area contributed by atoms with Crippen LogP contribution in [0, 0.1) is 11.8 Å². The largest absolute Gasteiger partial charge is 0.340 e. The van der Waals surface area contributed by atoms with Gasteiger partial charge in [-0.1, -0.05) is 181 Å². The van der Waals surface area contributed by atoms with Crippen molar-refractivity contribution in [1.29, 1.82) is 0 Å². The summed E-state index contributed by atoms with van der Waals surface area (Å²) in [5.74, 6) is 1.32. The minimum absolute atomic E-state index is 0.662. The van der Waals surface area contributed by atoms with Crippen molar-refractivity contribution >= 4 is 76.2 Å². The molecule has 0 aliphatic rings. The molecule has 0 radical (unpaired) electrons. The van der Waals surface area contributed by atoms with E-state index in [9.17, 15) is 0 Å². The Balaban J connectivity index is 0.933. The summed E-state index contributed by atoms with van der Waals surface area (Å²) in [5.41, 5.74) is 18.3. The first-order valence-electron chi connectivity index (χ1n) is 28.7. The van der Waals surface area contributed by atoms with Gasteiger partial charge in [-0.15, -0.1) is 0 Å². The normalized spacial score (nSPS) is 12.8. The van der Waals surface area contributed by atoms with Gasteiger partial charge in [-0.05, 0) is 148 Å². The van der Waals surface area contributed by atoms with Crippen molar-refractivity contribution in [3.05, 3.63) is 206 Å². The maximum Gasteiger partial charge on any atom is 0.0780 e. The van der Waals surface area contributed by atoms with Gasteiger partial charge in [-0.3, -0.25) is 4.98 Å². The Morgan fingerprint density at radius 2 is 0.779 bits per heavy atom. The minimum Gasteiger partial charge on any atom is -0.340 e. The summed E-state index contributed by atoms with van der Waals surface area (Å²) < 4.78 is 7.68. The number of nitrogens with zero attached hydrogens (tertiary/aromatic N) is 4. The van der Waals surface area contributed by atoms with Crippen LogP contribution in [0.3, 0.4) is 0 Å². The Morgan fingerprint density at radius 1 is 0.351 bits per heavy atom. The van der Waals surface area contributed by atoms with E-state index in [1.807, 2.05) is 6.20 Å². The van der Waals surface area contributed by atoms with E-state index in [0.29, 0.717) is 11.8 Å². The Hall–Kier alpha value is -8.21. The Bertz CT molecular complexity index is 4100. The highest BCUT2D eigenvalue weighted by Gasteiger charge is 2.20. The number of pyridine rings is 1. The van der Waals surface area contributed by atoms with E-state index in [4.69, 9.17) is 4.98 Å². The average Bonchev–Trinajstić information content (AvgIpc) is 4.11. The third-order valence-corrected chi connectivity index (χ3v) is 17.2. The quantitative estimate of drug-likeness (QED) is 0.0893. The molecule has 4 heteroatoms. The molecular formula is C73H68N4. The number of para-hydroxylation sites is 2. The van der Waals surface area contributed by atoms with Crippen LogP contribution in [0.1, 0.15) is 79.1 Å². The van der Waals surface area contributed by atoms with Crippen LogP contribution in [0.5, 0.6) is 0 Å². The van der Waals surface area contributed by atoms with Gasteiger partial charge in [0.25, 0.3) is 0 Å². The highest BCUT2D eigenvalue weighted by atomic mass is 15.0. The number of hydrogen-bond acceptors (Lipinski definition) is 1. The van der Waals surface area contributed by atoms with Gasteiger partial charge in [-0.25, -0.2) is 0 Å². The van der Waals surface area contributed by atoms with Gasteiger partial charge >= 0.3 is 0 Å². The van der Waals surface area contributed by atoms with Crippen LogP contribution < -0.4 is 0 Å². The van der Waals surface area contributed by atoms with Crippen molar-refractivity contribution in [2.75, 3.05) is 0 Å². The molecule has 0 aliphatic heterocycles. The van der Waals surface area contributed by atoms with E-state index in [1.54, 1.807) is 0 Å². The number of unbranched alkanes of at least 4 members (excludes halogenated alkanes) is 2. The molecule has 0 amide bonds. The summed E-state index contributed by atoms with van der Waals surface area (Å²) in [6, 6.07) is 75.4. The molecule has 380 valence electrons. The summed E-state index contributed by atoms with van der Waals surface area (Å²) in [7, 11) is 0. The van der Waals surface area contributed by atoms with Crippen LogP contribution in [-0.2, 0) is 13.1 Å². The predicted molar refractivity (Wildman–Crippen MR) is 330 cm³/mol. The van der Waals surface area contributed by atoms with Gasteiger partial charge in [0.1, 0.15) is 0 Å². The smallest absolute Gasteiger partial charge is 0.0780 e. The van der Waals surface area contributed by atoms with Crippen molar-refractivity contribution in [2.45, 2.75) is 92.2 Å². The fourth-order valence-corrected chi connectivity index (χ4v) is 12.9. The number of fused-ring (bicyclic) bond motifs is 10. The summed E-state index contributed by atoms with van der Waals surface area (Å²) in [5, 5.41) is 10.2. The first-order chi connectivity index (χ1) is 38.0. The second kappa shape index (κ2) is 20.7. The summed E-state index contributed by atoms with van der Waals surface area (Å²) in [6.07, 6.45) is 11.9. The van der Waals surface area contributed by atoms with Gasteiger partial charge in [-0.2, -0.15) is 0 Å². The summed E-state index contributed by atoms with van der Waals surface area (Å²) >= 11 is 0. The molecule has 0 N–H and O–H groups in total. The van der Waals surface area contributed by atoms with Crippen molar-refractivity contribution in [2.24, 2.45) is 11.8 Å². The van der Waals surface area contributed by atoms with Gasteiger partial charge in [0.2, 0.25) is 0 Å². The molecule has 0 bridgehead atoms. The van der Waals surface area contributed by atoms with Gasteiger partial charge in [0, 0.05) is 90.3 Å². The van der Waals surface area contributed by atoms with Crippen molar-refractivity contribution in [3.63, 3.8) is 0 Å². The second-order valence-corrected chi connectivity index (χ2v) is 21.9. The lowest BCUT2D eigenvalue weighted by Crippen LogP contribution is -2.10. The summed E-state index contributed by atoms with van der Waals surface area (Å²) in [4.78, 5) is 4.86. The van der Waals surface area contributed by atoms with E-state index < -0.39 is 0 Å². The van der Waals surface area contributed by atoms with E-state index in [1.165, 1.54) is 156 Å². The topological polar surface area (TPSA) is 27.7 Å². The van der Waals surface area contributed by atoms with Gasteiger partial charge < -0.3 is 13.7 Å². The van der Waals surface area contributed by atoms with Crippen LogP contribution in [0.2, 0.25) is 0 Å². The summed E-state index contributed by atoms with van der Waals surface area (Å²) in [6.45, 7) is 11.4. The van der Waals surface area contributed by atoms with Crippen LogP contribution in [-0.4, -0.2) is 18.7 Å². The van der Waals surface area contributed by atoms with Crippen molar-refractivity contribution in [1.82, 2.24) is 18.7 Å². The zero-order valence-corrected chi connectivity index (χ0v) is 45.1. The maximum absolute atomic E-state index is 4.86. The lowest BCUT2D eigenvalue weighted by Gasteiger charge is -2.17. The molecule has 13 aromatic rings. The molecular weight excluding hydrogens is 933 g/mol. The lowest BCUT2D eigenvalue weighted by atomic mass is 9.98. The number of hydrogen-bond donors (Lipinski definition) is 0. The average molecular weight is 1000 g/mol. The highest BCUT2D eigenvalue weighted by molar-refractivity contribution is 6.14. The zero-order chi connectivity index (χ0) is 52.0. The number of rotatable bonds is 17. The predicted octanol–water partition coefficient (Wildman–Crippen LogP) is 20.6. The second-order valence-electron chi connectivity index (χ2n) is 21.9. The molecule has 0 fully saturated rings. The minimum atomic E-state index is 0.662. The number of aromatic nitrogens is 4. The van der Waals surface area contributed by atoms with Crippen molar-refractivity contribution < 1.29 is 0 Å². The van der Waals surface area contributed by atoms with Crippen molar-refractivity contribution in [3.8, 4) is 50.3 Å². The molecule has 4 nitrogen and oxygen atoms in total.